The highest BCUT2D eigenvalue weighted by atomic mass is 16.3. The van der Waals surface area contributed by atoms with Gasteiger partial charge >= 0.3 is 0 Å². The molecule has 1 aliphatic rings. The summed E-state index contributed by atoms with van der Waals surface area (Å²) in [5, 5.41) is 0.975. The predicted octanol–water partition coefficient (Wildman–Crippen LogP) is 7.67. The molecule has 2 aromatic carbocycles. The number of aryl methyl sites for hydroxylation is 3. The van der Waals surface area contributed by atoms with Gasteiger partial charge in [-0.25, -0.2) is 9.55 Å². The van der Waals surface area contributed by atoms with Crippen LogP contribution in [0.25, 0.3) is 44.5 Å². The van der Waals surface area contributed by atoms with Crippen LogP contribution in [-0.4, -0.2) is 4.98 Å². The van der Waals surface area contributed by atoms with E-state index in [1.165, 1.54) is 18.2 Å². The zero-order valence-electron chi connectivity index (χ0n) is 33.6. The number of furan rings is 1. The van der Waals surface area contributed by atoms with Crippen LogP contribution in [0.4, 0.5) is 0 Å². The van der Waals surface area contributed by atoms with Crippen LogP contribution >= 0.6 is 0 Å². The smallest absolute Gasteiger partial charge is 0.227 e. The van der Waals surface area contributed by atoms with Crippen molar-refractivity contribution in [3.05, 3.63) is 83.2 Å². The van der Waals surface area contributed by atoms with Crippen molar-refractivity contribution in [2.45, 2.75) is 46.7 Å². The van der Waals surface area contributed by atoms with E-state index in [1.54, 1.807) is 48.1 Å². The van der Waals surface area contributed by atoms with Gasteiger partial charge in [0.1, 0.15) is 7.05 Å². The molecule has 5 aromatic rings. The standard InChI is InChI=1S/C32H33N2O/c1-18(2)32(19(3)4)26-11-9-8-10-22(26)24-17-25-23-13-12-21(6)28(27-16-20(5)14-15-34(27)7)29(23)35-31(25)33-30(24)32/h8-19H,1-7H3/q+1/i1D3,2D3,3D3,5D3,18D,19D. The molecule has 0 fully saturated rings. The van der Waals surface area contributed by atoms with Gasteiger partial charge in [-0.3, -0.25) is 0 Å². The van der Waals surface area contributed by atoms with E-state index in [0.717, 1.165) is 12.5 Å². The predicted molar refractivity (Wildman–Crippen MR) is 143 cm³/mol. The van der Waals surface area contributed by atoms with Crippen LogP contribution in [0.15, 0.2) is 65.2 Å². The van der Waals surface area contributed by atoms with Crippen LogP contribution < -0.4 is 4.57 Å². The van der Waals surface area contributed by atoms with Gasteiger partial charge in [0.15, 0.2) is 11.8 Å². The van der Waals surface area contributed by atoms with E-state index in [-0.39, 0.29) is 33.7 Å². The Morgan fingerprint density at radius 2 is 1.83 bits per heavy atom. The maximum atomic E-state index is 9.54. The summed E-state index contributed by atoms with van der Waals surface area (Å²) in [6, 6.07) is 14.3. The minimum Gasteiger partial charge on any atom is -0.437 e. The minimum atomic E-state index is -3.64. The van der Waals surface area contributed by atoms with Crippen molar-refractivity contribution >= 4 is 22.1 Å². The Balaban J connectivity index is 1.81. The van der Waals surface area contributed by atoms with Gasteiger partial charge in [0.2, 0.25) is 11.4 Å². The lowest BCUT2D eigenvalue weighted by Gasteiger charge is -2.39. The van der Waals surface area contributed by atoms with E-state index >= 15 is 0 Å². The molecule has 0 amide bonds. The molecule has 0 bridgehead atoms. The van der Waals surface area contributed by atoms with Crippen molar-refractivity contribution in [3.8, 4) is 22.4 Å². The van der Waals surface area contributed by atoms with Crippen LogP contribution in [0.3, 0.4) is 0 Å². The van der Waals surface area contributed by atoms with E-state index in [9.17, 15) is 2.74 Å². The van der Waals surface area contributed by atoms with Gasteiger partial charge in [-0.2, -0.15) is 0 Å². The Hall–Kier alpha value is -3.46. The molecule has 0 spiro atoms. The van der Waals surface area contributed by atoms with Gasteiger partial charge in [0.05, 0.1) is 11.3 Å². The first-order valence-corrected chi connectivity index (χ1v) is 11.3. The number of pyridine rings is 2. The van der Waals surface area contributed by atoms with E-state index in [2.05, 4.69) is 0 Å². The summed E-state index contributed by atoms with van der Waals surface area (Å²) in [4.78, 5) is 4.72. The zero-order chi connectivity index (χ0) is 36.5. The number of fused-ring (bicyclic) bond motifs is 6. The van der Waals surface area contributed by atoms with Crippen molar-refractivity contribution in [2.75, 3.05) is 0 Å². The zero-order valence-corrected chi connectivity index (χ0v) is 19.6. The fourth-order valence-corrected chi connectivity index (χ4v) is 5.48. The molecular formula is C32H33N2O+. The van der Waals surface area contributed by atoms with Crippen LogP contribution in [-0.2, 0) is 12.5 Å². The summed E-state index contributed by atoms with van der Waals surface area (Å²) < 4.78 is 127. The molecule has 3 heterocycles. The maximum Gasteiger partial charge on any atom is 0.227 e. The Labute approximate surface area is 227 Å². The Kier molecular flexibility index (Phi) is 2.47. The molecule has 3 heteroatoms. The maximum absolute atomic E-state index is 9.54. The fraction of sp³-hybridized carbons (Fsp3) is 0.312. The second kappa shape index (κ2) is 7.52. The minimum absolute atomic E-state index is 0.104. The van der Waals surface area contributed by atoms with E-state index < -0.39 is 44.6 Å². The second-order valence-corrected chi connectivity index (χ2v) is 9.18. The lowest BCUT2D eigenvalue weighted by molar-refractivity contribution is -0.660. The fourth-order valence-electron chi connectivity index (χ4n) is 5.48. The molecule has 3 aromatic heterocycles. The average molecular weight is 476 g/mol. The summed E-state index contributed by atoms with van der Waals surface area (Å²) in [6.07, 6.45) is 1.62. The highest BCUT2D eigenvalue weighted by molar-refractivity contribution is 6.10. The van der Waals surface area contributed by atoms with E-state index in [0.29, 0.717) is 27.6 Å². The van der Waals surface area contributed by atoms with Gasteiger partial charge in [-0.05, 0) is 53.9 Å². The Morgan fingerprint density at radius 1 is 1.00 bits per heavy atom. The summed E-state index contributed by atoms with van der Waals surface area (Å²) in [7, 11) is 1.75. The molecular weight excluding hydrogens is 428 g/mol. The van der Waals surface area contributed by atoms with Crippen molar-refractivity contribution in [3.63, 3.8) is 0 Å². The molecule has 0 radical (unpaired) electrons. The number of benzene rings is 2. The van der Waals surface area contributed by atoms with Gasteiger partial charge in [0, 0.05) is 53.1 Å². The van der Waals surface area contributed by atoms with E-state index in [1.807, 2.05) is 13.0 Å². The third-order valence-corrected chi connectivity index (χ3v) is 7.16. The molecule has 2 unspecified atom stereocenters. The second-order valence-electron chi connectivity index (χ2n) is 9.18. The van der Waals surface area contributed by atoms with Crippen LogP contribution in [0, 0.1) is 25.6 Å². The van der Waals surface area contributed by atoms with Gasteiger partial charge in [0.25, 0.3) is 0 Å². The molecule has 0 saturated carbocycles. The number of nitrogens with zero attached hydrogens (tertiary/aromatic N) is 2. The van der Waals surface area contributed by atoms with Gasteiger partial charge in [-0.1, -0.05) is 63.9 Å². The molecule has 6 rings (SSSR count). The molecule has 1 aliphatic carbocycles. The third kappa shape index (κ3) is 2.84. The SMILES string of the molecule is [2H]C([2H])([2H])c1cc[n+](C)c(-c2c(C)ccc3c2oc2nc4c(cc23)-c2ccccc2C4(C([2H])(C)C([2H])([2H])[2H])C([2H])(C([2H])([2H])[2H])C([2H])([2H])[2H])c1. The molecule has 176 valence electrons. The number of aromatic nitrogens is 2. The Morgan fingerprint density at radius 3 is 2.63 bits per heavy atom. The number of hydrogen-bond donors (Lipinski definition) is 0. The largest absolute Gasteiger partial charge is 0.437 e. The lowest BCUT2D eigenvalue weighted by Crippen LogP contribution is -2.38. The first-order chi connectivity index (χ1) is 22.3. The van der Waals surface area contributed by atoms with Crippen molar-refractivity contribution in [2.24, 2.45) is 18.8 Å². The summed E-state index contributed by atoms with van der Waals surface area (Å²) >= 11 is 0. The van der Waals surface area contributed by atoms with Crippen molar-refractivity contribution < 1.29 is 28.2 Å². The van der Waals surface area contributed by atoms with Crippen molar-refractivity contribution in [1.29, 1.82) is 0 Å². The molecule has 3 nitrogen and oxygen atoms in total. The van der Waals surface area contributed by atoms with Crippen LogP contribution in [0.5, 0.6) is 0 Å². The topological polar surface area (TPSA) is 29.9 Å². The normalized spacial score (nSPS) is 26.4. The van der Waals surface area contributed by atoms with Gasteiger partial charge in [-0.15, -0.1) is 0 Å². The molecule has 0 aliphatic heterocycles. The van der Waals surface area contributed by atoms with Gasteiger partial charge < -0.3 is 4.42 Å². The molecule has 35 heavy (non-hydrogen) atoms. The highest BCUT2D eigenvalue weighted by Gasteiger charge is 2.49. The van der Waals surface area contributed by atoms with Crippen LogP contribution in [0.1, 0.15) is 69.1 Å². The van der Waals surface area contributed by atoms with Crippen LogP contribution in [0.2, 0.25) is 0 Å². The van der Waals surface area contributed by atoms with E-state index in [4.69, 9.17) is 25.9 Å². The molecule has 2 atom stereocenters. The Bertz CT molecular complexity index is 2140. The van der Waals surface area contributed by atoms with Crippen molar-refractivity contribution in [1.82, 2.24) is 4.98 Å². The first-order valence-electron chi connectivity index (χ1n) is 18.3. The molecule has 0 saturated heterocycles. The number of rotatable bonds is 3. The summed E-state index contributed by atoms with van der Waals surface area (Å²) in [5.74, 6) is -6.51. The quantitative estimate of drug-likeness (QED) is 0.251. The monoisotopic (exact) mass is 475 g/mol. The highest BCUT2D eigenvalue weighted by Crippen LogP contribution is 2.56. The lowest BCUT2D eigenvalue weighted by atomic mass is 9.64. The number of hydrogen-bond acceptors (Lipinski definition) is 2. The third-order valence-electron chi connectivity index (χ3n) is 7.16. The summed E-state index contributed by atoms with van der Waals surface area (Å²) in [5.41, 5.74) is -0.833. The summed E-state index contributed by atoms with van der Waals surface area (Å²) in [6.45, 7) is -10.2. The first kappa shape index (κ1) is 11.5. The average Bonchev–Trinajstić information content (AvgIpc) is 3.47. The molecule has 0 N–H and O–H groups in total.